The van der Waals surface area contributed by atoms with Crippen LogP contribution in [0.15, 0.2) is 76.1 Å². The van der Waals surface area contributed by atoms with Gasteiger partial charge in [0.2, 0.25) is 0 Å². The Morgan fingerprint density at radius 2 is 1.75 bits per heavy atom. The van der Waals surface area contributed by atoms with Gasteiger partial charge >= 0.3 is 0 Å². The van der Waals surface area contributed by atoms with Crippen LogP contribution in [0.1, 0.15) is 29.7 Å². The Hall–Kier alpha value is -2.84. The zero-order valence-electron chi connectivity index (χ0n) is 18.1. The first-order valence-electron chi connectivity index (χ1n) is 10.0. The summed E-state index contributed by atoms with van der Waals surface area (Å²) in [6.45, 7) is 5.46. The molecule has 8 heteroatoms. The minimum Gasteiger partial charge on any atom is -0.484 e. The smallest absolute Gasteiger partial charge is 0.261 e. The molecule has 0 saturated heterocycles. The van der Waals surface area contributed by atoms with Crippen molar-refractivity contribution in [2.75, 3.05) is 11.3 Å². The molecule has 3 aromatic rings. The number of benzene rings is 3. The van der Waals surface area contributed by atoms with Gasteiger partial charge in [0.15, 0.2) is 6.61 Å². The topological polar surface area (TPSA) is 84.5 Å². The summed E-state index contributed by atoms with van der Waals surface area (Å²) in [6.07, 6.45) is 0. The van der Waals surface area contributed by atoms with Crippen molar-refractivity contribution in [3.8, 4) is 5.75 Å². The molecule has 0 heterocycles. The Kier molecular flexibility index (Phi) is 7.58. The Morgan fingerprint density at radius 1 is 1.03 bits per heavy atom. The molecule has 0 aromatic heterocycles. The highest BCUT2D eigenvalue weighted by Crippen LogP contribution is 2.23. The summed E-state index contributed by atoms with van der Waals surface area (Å²) in [5.74, 6) is 0.131. The summed E-state index contributed by atoms with van der Waals surface area (Å²) < 4.78 is 34.5. The molecule has 0 radical (unpaired) electrons. The number of anilines is 1. The molecular formula is C24H25BrN2O4S. The monoisotopic (exact) mass is 516 g/mol. The number of amides is 1. The standard InChI is InChI=1S/C24H25BrN2O4S/c1-16-7-8-17(2)23(13-16)27-32(29,30)22-11-9-21(10-12-22)31-15-24(28)26-18(3)19-5-4-6-20(25)14-19/h4-14,18,27H,15H2,1-3H3,(H,26,28). The van der Waals surface area contributed by atoms with Gasteiger partial charge in [0.25, 0.3) is 15.9 Å². The van der Waals surface area contributed by atoms with Gasteiger partial charge in [-0.05, 0) is 79.9 Å². The van der Waals surface area contributed by atoms with E-state index < -0.39 is 10.0 Å². The third-order valence-electron chi connectivity index (χ3n) is 4.87. The molecule has 0 fully saturated rings. The van der Waals surface area contributed by atoms with Crippen LogP contribution < -0.4 is 14.8 Å². The molecular weight excluding hydrogens is 492 g/mol. The molecule has 3 aromatic carbocycles. The van der Waals surface area contributed by atoms with E-state index in [9.17, 15) is 13.2 Å². The second-order valence-electron chi connectivity index (χ2n) is 7.53. The maximum Gasteiger partial charge on any atom is 0.261 e. The summed E-state index contributed by atoms with van der Waals surface area (Å²) in [5.41, 5.74) is 3.31. The SMILES string of the molecule is Cc1ccc(C)c(NS(=O)(=O)c2ccc(OCC(=O)NC(C)c3cccc(Br)c3)cc2)c1. The largest absolute Gasteiger partial charge is 0.484 e. The second kappa shape index (κ2) is 10.2. The van der Waals surface area contributed by atoms with Crippen LogP contribution in [0.2, 0.25) is 0 Å². The third kappa shape index (κ3) is 6.34. The summed E-state index contributed by atoms with van der Waals surface area (Å²) in [5, 5.41) is 2.88. The number of hydrogen-bond donors (Lipinski definition) is 2. The van der Waals surface area contributed by atoms with Gasteiger partial charge in [-0.1, -0.05) is 40.2 Å². The molecule has 1 unspecified atom stereocenters. The van der Waals surface area contributed by atoms with Gasteiger partial charge in [0.1, 0.15) is 5.75 Å². The lowest BCUT2D eigenvalue weighted by Crippen LogP contribution is -2.31. The van der Waals surface area contributed by atoms with Crippen molar-refractivity contribution < 1.29 is 17.9 Å². The van der Waals surface area contributed by atoms with Crippen LogP contribution in [0.5, 0.6) is 5.75 Å². The van der Waals surface area contributed by atoms with Crippen LogP contribution in [0.4, 0.5) is 5.69 Å². The predicted molar refractivity (Wildman–Crippen MR) is 129 cm³/mol. The minimum atomic E-state index is -3.74. The molecule has 32 heavy (non-hydrogen) atoms. The molecule has 0 aliphatic heterocycles. The van der Waals surface area contributed by atoms with Crippen molar-refractivity contribution in [1.82, 2.24) is 5.32 Å². The van der Waals surface area contributed by atoms with E-state index in [0.717, 1.165) is 21.2 Å². The lowest BCUT2D eigenvalue weighted by atomic mass is 10.1. The normalized spacial score (nSPS) is 12.1. The van der Waals surface area contributed by atoms with Gasteiger partial charge in [0, 0.05) is 4.47 Å². The highest BCUT2D eigenvalue weighted by atomic mass is 79.9. The fourth-order valence-electron chi connectivity index (χ4n) is 3.06. The number of carbonyl (C=O) groups is 1. The fourth-order valence-corrected chi connectivity index (χ4v) is 4.59. The van der Waals surface area contributed by atoms with Crippen LogP contribution in [0, 0.1) is 13.8 Å². The number of aryl methyl sites for hydroxylation is 2. The van der Waals surface area contributed by atoms with E-state index in [2.05, 4.69) is 26.0 Å². The third-order valence-corrected chi connectivity index (χ3v) is 6.74. The Labute approximate surface area is 197 Å². The molecule has 1 amide bonds. The van der Waals surface area contributed by atoms with Gasteiger partial charge in [-0.15, -0.1) is 0 Å². The molecule has 0 bridgehead atoms. The van der Waals surface area contributed by atoms with Gasteiger partial charge in [-0.3, -0.25) is 9.52 Å². The van der Waals surface area contributed by atoms with Crippen molar-refractivity contribution in [3.63, 3.8) is 0 Å². The number of halogens is 1. The van der Waals surface area contributed by atoms with Gasteiger partial charge in [0.05, 0.1) is 16.6 Å². The molecule has 6 nitrogen and oxygen atoms in total. The highest BCUT2D eigenvalue weighted by molar-refractivity contribution is 9.10. The lowest BCUT2D eigenvalue weighted by molar-refractivity contribution is -0.123. The summed E-state index contributed by atoms with van der Waals surface area (Å²) >= 11 is 3.42. The number of hydrogen-bond acceptors (Lipinski definition) is 4. The average molecular weight is 517 g/mol. The van der Waals surface area contributed by atoms with E-state index in [-0.39, 0.29) is 23.5 Å². The first-order valence-corrected chi connectivity index (χ1v) is 12.3. The number of carbonyl (C=O) groups excluding carboxylic acids is 1. The second-order valence-corrected chi connectivity index (χ2v) is 10.1. The quantitative estimate of drug-likeness (QED) is 0.434. The maximum atomic E-state index is 12.7. The molecule has 0 spiro atoms. The fraction of sp³-hybridized carbons (Fsp3) is 0.208. The van der Waals surface area contributed by atoms with Crippen LogP contribution in [-0.4, -0.2) is 20.9 Å². The lowest BCUT2D eigenvalue weighted by Gasteiger charge is -2.15. The van der Waals surface area contributed by atoms with Crippen LogP contribution in [0.3, 0.4) is 0 Å². The molecule has 0 aliphatic rings. The Balaban J connectivity index is 1.58. The van der Waals surface area contributed by atoms with Crippen molar-refractivity contribution in [2.45, 2.75) is 31.7 Å². The van der Waals surface area contributed by atoms with Crippen molar-refractivity contribution in [3.05, 3.63) is 87.9 Å². The van der Waals surface area contributed by atoms with Crippen molar-refractivity contribution in [1.29, 1.82) is 0 Å². The van der Waals surface area contributed by atoms with E-state index in [1.165, 1.54) is 24.3 Å². The first-order chi connectivity index (χ1) is 15.1. The van der Waals surface area contributed by atoms with Gasteiger partial charge in [-0.2, -0.15) is 0 Å². The Morgan fingerprint density at radius 3 is 2.44 bits per heavy atom. The van der Waals surface area contributed by atoms with Crippen molar-refractivity contribution >= 4 is 37.5 Å². The number of ether oxygens (including phenoxy) is 1. The first kappa shape index (κ1) is 23.8. The van der Waals surface area contributed by atoms with Gasteiger partial charge < -0.3 is 10.1 Å². The molecule has 3 rings (SSSR count). The highest BCUT2D eigenvalue weighted by Gasteiger charge is 2.16. The van der Waals surface area contributed by atoms with Crippen LogP contribution >= 0.6 is 15.9 Å². The van der Waals surface area contributed by atoms with E-state index in [4.69, 9.17) is 4.74 Å². The maximum absolute atomic E-state index is 12.7. The van der Waals surface area contributed by atoms with Crippen LogP contribution in [-0.2, 0) is 14.8 Å². The number of sulfonamides is 1. The predicted octanol–water partition coefficient (Wildman–Crippen LogP) is 5.12. The van der Waals surface area contributed by atoms with E-state index in [1.807, 2.05) is 57.2 Å². The molecule has 0 saturated carbocycles. The summed E-state index contributed by atoms with van der Waals surface area (Å²) in [6, 6.07) is 19.1. The van der Waals surface area contributed by atoms with Crippen LogP contribution in [0.25, 0.3) is 0 Å². The molecule has 0 aliphatic carbocycles. The van der Waals surface area contributed by atoms with Crippen molar-refractivity contribution in [2.24, 2.45) is 0 Å². The molecule has 1 atom stereocenters. The summed E-state index contributed by atoms with van der Waals surface area (Å²) in [7, 11) is -3.74. The van der Waals surface area contributed by atoms with Gasteiger partial charge in [-0.25, -0.2) is 8.42 Å². The average Bonchev–Trinajstić information content (AvgIpc) is 2.75. The molecule has 2 N–H and O–H groups in total. The zero-order chi connectivity index (χ0) is 23.3. The number of nitrogens with one attached hydrogen (secondary N) is 2. The molecule has 168 valence electrons. The van der Waals surface area contributed by atoms with E-state index in [1.54, 1.807) is 6.07 Å². The number of rotatable bonds is 8. The zero-order valence-corrected chi connectivity index (χ0v) is 20.5. The van der Waals surface area contributed by atoms with E-state index >= 15 is 0 Å². The Bertz CT molecular complexity index is 1210. The minimum absolute atomic E-state index is 0.110. The van der Waals surface area contributed by atoms with E-state index in [0.29, 0.717) is 11.4 Å². The summed E-state index contributed by atoms with van der Waals surface area (Å²) in [4.78, 5) is 12.3.